The van der Waals surface area contributed by atoms with Crippen molar-refractivity contribution in [2.24, 2.45) is 11.8 Å². The Hall–Kier alpha value is -0.280. The summed E-state index contributed by atoms with van der Waals surface area (Å²) >= 11 is 0. The van der Waals surface area contributed by atoms with Gasteiger partial charge in [-0.25, -0.2) is 0 Å². The van der Waals surface area contributed by atoms with E-state index in [2.05, 4.69) is 24.1 Å². The van der Waals surface area contributed by atoms with Crippen LogP contribution in [0.25, 0.3) is 0 Å². The molecule has 1 N–H and O–H groups in total. The SMILES string of the molecule is CC(C)C1CCN(C(=O)[C@@H]2CCCCN2)CC1.Cl. The van der Waals surface area contributed by atoms with Gasteiger partial charge in [-0.15, -0.1) is 12.4 Å². The van der Waals surface area contributed by atoms with Crippen LogP contribution in [0.4, 0.5) is 0 Å². The molecule has 4 heteroatoms. The van der Waals surface area contributed by atoms with E-state index in [4.69, 9.17) is 0 Å². The van der Waals surface area contributed by atoms with Crippen molar-refractivity contribution in [2.75, 3.05) is 19.6 Å². The molecule has 2 aliphatic rings. The lowest BCUT2D eigenvalue weighted by Crippen LogP contribution is -2.51. The third-order valence-corrected chi connectivity index (χ3v) is 4.40. The quantitative estimate of drug-likeness (QED) is 0.839. The summed E-state index contributed by atoms with van der Waals surface area (Å²) in [5.41, 5.74) is 0. The second-order valence-electron chi connectivity index (χ2n) is 5.91. The average molecular weight is 275 g/mol. The Balaban J connectivity index is 0.00000162. The van der Waals surface area contributed by atoms with Gasteiger partial charge in [0, 0.05) is 13.1 Å². The van der Waals surface area contributed by atoms with Crippen molar-refractivity contribution in [1.29, 1.82) is 0 Å². The number of nitrogens with zero attached hydrogens (tertiary/aromatic N) is 1. The van der Waals surface area contributed by atoms with Crippen LogP contribution >= 0.6 is 12.4 Å². The van der Waals surface area contributed by atoms with Crippen molar-refractivity contribution in [3.63, 3.8) is 0 Å². The maximum atomic E-state index is 12.3. The van der Waals surface area contributed by atoms with Crippen molar-refractivity contribution >= 4 is 18.3 Å². The molecule has 0 bridgehead atoms. The summed E-state index contributed by atoms with van der Waals surface area (Å²) in [6.45, 7) is 7.55. The van der Waals surface area contributed by atoms with E-state index in [1.807, 2.05) is 0 Å². The molecule has 0 unspecified atom stereocenters. The Bertz CT molecular complexity index is 257. The Labute approximate surface area is 117 Å². The van der Waals surface area contributed by atoms with Gasteiger partial charge in [0.1, 0.15) is 0 Å². The molecule has 1 atom stereocenters. The predicted octanol–water partition coefficient (Wildman–Crippen LogP) is 2.44. The summed E-state index contributed by atoms with van der Waals surface area (Å²) in [7, 11) is 0. The van der Waals surface area contributed by atoms with Gasteiger partial charge in [0.2, 0.25) is 5.91 Å². The summed E-state index contributed by atoms with van der Waals surface area (Å²) < 4.78 is 0. The number of hydrogen-bond acceptors (Lipinski definition) is 2. The maximum Gasteiger partial charge on any atom is 0.239 e. The molecule has 0 aromatic carbocycles. The highest BCUT2D eigenvalue weighted by Gasteiger charge is 2.29. The molecule has 0 aromatic heterocycles. The molecule has 106 valence electrons. The average Bonchev–Trinajstić information content (AvgIpc) is 2.39. The second-order valence-corrected chi connectivity index (χ2v) is 5.91. The Kier molecular flexibility index (Phi) is 6.44. The summed E-state index contributed by atoms with van der Waals surface area (Å²) in [6, 6.07) is 0.111. The first kappa shape index (κ1) is 15.8. The van der Waals surface area contributed by atoms with Gasteiger partial charge in [0.05, 0.1) is 6.04 Å². The fourth-order valence-corrected chi connectivity index (χ4v) is 3.07. The van der Waals surface area contributed by atoms with Gasteiger partial charge in [-0.3, -0.25) is 4.79 Å². The molecule has 2 rings (SSSR count). The van der Waals surface area contributed by atoms with Crippen LogP contribution in [0.1, 0.15) is 46.0 Å². The fourth-order valence-electron chi connectivity index (χ4n) is 3.07. The number of piperidine rings is 2. The summed E-state index contributed by atoms with van der Waals surface area (Å²) in [6.07, 6.45) is 5.83. The first-order valence-corrected chi connectivity index (χ1v) is 7.20. The zero-order valence-electron chi connectivity index (χ0n) is 11.7. The Morgan fingerprint density at radius 2 is 1.83 bits per heavy atom. The maximum absolute atomic E-state index is 12.3. The molecule has 0 radical (unpaired) electrons. The van der Waals surface area contributed by atoms with Crippen LogP contribution < -0.4 is 5.32 Å². The normalized spacial score (nSPS) is 25.9. The minimum Gasteiger partial charge on any atom is -0.341 e. The molecule has 1 amide bonds. The van der Waals surface area contributed by atoms with E-state index >= 15 is 0 Å². The number of amides is 1. The first-order valence-electron chi connectivity index (χ1n) is 7.20. The number of likely N-dealkylation sites (tertiary alicyclic amines) is 1. The van der Waals surface area contributed by atoms with E-state index in [0.717, 1.165) is 37.9 Å². The van der Waals surface area contributed by atoms with Crippen LogP contribution in [0, 0.1) is 11.8 Å². The van der Waals surface area contributed by atoms with Crippen molar-refractivity contribution in [3.05, 3.63) is 0 Å². The highest BCUT2D eigenvalue weighted by atomic mass is 35.5. The fraction of sp³-hybridized carbons (Fsp3) is 0.929. The van der Waals surface area contributed by atoms with Gasteiger partial charge < -0.3 is 10.2 Å². The van der Waals surface area contributed by atoms with Gasteiger partial charge in [-0.2, -0.15) is 0 Å². The highest BCUT2D eigenvalue weighted by molar-refractivity contribution is 5.85. The van der Waals surface area contributed by atoms with Crippen LogP contribution in [0.15, 0.2) is 0 Å². The lowest BCUT2D eigenvalue weighted by atomic mass is 9.86. The largest absolute Gasteiger partial charge is 0.341 e. The van der Waals surface area contributed by atoms with E-state index in [9.17, 15) is 4.79 Å². The number of carbonyl (C=O) groups is 1. The van der Waals surface area contributed by atoms with Crippen LogP contribution in [-0.4, -0.2) is 36.5 Å². The highest BCUT2D eigenvalue weighted by Crippen LogP contribution is 2.25. The number of rotatable bonds is 2. The van der Waals surface area contributed by atoms with E-state index in [1.165, 1.54) is 25.7 Å². The molecule has 0 aliphatic carbocycles. The summed E-state index contributed by atoms with van der Waals surface area (Å²) in [5.74, 6) is 1.94. The predicted molar refractivity (Wildman–Crippen MR) is 77.0 cm³/mol. The van der Waals surface area contributed by atoms with E-state index < -0.39 is 0 Å². The van der Waals surface area contributed by atoms with Crippen molar-refractivity contribution in [3.8, 4) is 0 Å². The Morgan fingerprint density at radius 1 is 1.17 bits per heavy atom. The zero-order valence-corrected chi connectivity index (χ0v) is 12.5. The molecule has 2 fully saturated rings. The van der Waals surface area contributed by atoms with E-state index in [-0.39, 0.29) is 18.4 Å². The summed E-state index contributed by atoms with van der Waals surface area (Å²) in [4.78, 5) is 14.4. The molecule has 18 heavy (non-hydrogen) atoms. The first-order chi connectivity index (χ1) is 8.18. The van der Waals surface area contributed by atoms with Crippen molar-refractivity contribution in [1.82, 2.24) is 10.2 Å². The third-order valence-electron chi connectivity index (χ3n) is 4.40. The topological polar surface area (TPSA) is 32.3 Å². The van der Waals surface area contributed by atoms with Crippen LogP contribution in [0.5, 0.6) is 0 Å². The molecule has 3 nitrogen and oxygen atoms in total. The number of nitrogens with one attached hydrogen (secondary N) is 1. The second kappa shape index (κ2) is 7.34. The summed E-state index contributed by atoms with van der Waals surface area (Å²) in [5, 5.41) is 3.36. The lowest BCUT2D eigenvalue weighted by molar-refractivity contribution is -0.135. The van der Waals surface area contributed by atoms with Crippen molar-refractivity contribution in [2.45, 2.75) is 52.0 Å². The van der Waals surface area contributed by atoms with Gasteiger partial charge in [0.15, 0.2) is 0 Å². The van der Waals surface area contributed by atoms with Crippen LogP contribution in [0.2, 0.25) is 0 Å². The van der Waals surface area contributed by atoms with Crippen LogP contribution in [-0.2, 0) is 4.79 Å². The molecule has 0 saturated carbocycles. The molecule has 2 heterocycles. The van der Waals surface area contributed by atoms with Gasteiger partial charge >= 0.3 is 0 Å². The lowest BCUT2D eigenvalue weighted by Gasteiger charge is -2.36. The minimum atomic E-state index is 0. The smallest absolute Gasteiger partial charge is 0.239 e. The van der Waals surface area contributed by atoms with Crippen LogP contribution in [0.3, 0.4) is 0 Å². The number of halogens is 1. The molecule has 2 saturated heterocycles. The molecular formula is C14H27ClN2O. The number of hydrogen-bond donors (Lipinski definition) is 1. The van der Waals surface area contributed by atoms with Gasteiger partial charge in [0.25, 0.3) is 0 Å². The zero-order chi connectivity index (χ0) is 12.3. The molecule has 0 aromatic rings. The standard InChI is InChI=1S/C14H26N2O.ClH/c1-11(2)12-6-9-16(10-7-12)14(17)13-5-3-4-8-15-13;/h11-13,15H,3-10H2,1-2H3;1H/t13-;/m0./s1. The van der Waals surface area contributed by atoms with Crippen molar-refractivity contribution < 1.29 is 4.79 Å². The molecular weight excluding hydrogens is 248 g/mol. The van der Waals surface area contributed by atoms with E-state index in [1.54, 1.807) is 0 Å². The molecule has 2 aliphatic heterocycles. The van der Waals surface area contributed by atoms with Gasteiger partial charge in [-0.1, -0.05) is 20.3 Å². The van der Waals surface area contributed by atoms with Gasteiger partial charge in [-0.05, 0) is 44.1 Å². The Morgan fingerprint density at radius 3 is 2.33 bits per heavy atom. The number of carbonyl (C=O) groups excluding carboxylic acids is 1. The monoisotopic (exact) mass is 274 g/mol. The molecule has 0 spiro atoms. The minimum absolute atomic E-state index is 0. The third kappa shape index (κ3) is 3.86. The van der Waals surface area contributed by atoms with E-state index in [0.29, 0.717) is 5.91 Å².